The summed E-state index contributed by atoms with van der Waals surface area (Å²) in [7, 11) is -2.11. The first-order chi connectivity index (χ1) is 13.0. The molecule has 1 amide bonds. The van der Waals surface area contributed by atoms with Crippen molar-refractivity contribution in [2.45, 2.75) is 12.8 Å². The fourth-order valence-electron chi connectivity index (χ4n) is 3.04. The van der Waals surface area contributed by atoms with E-state index in [0.29, 0.717) is 56.6 Å². The number of carbonyl (C=O) groups excluding carboxylic acids is 1. The summed E-state index contributed by atoms with van der Waals surface area (Å²) < 4.78 is 44.8. The van der Waals surface area contributed by atoms with E-state index in [-0.39, 0.29) is 12.5 Å². The number of methoxy groups -OCH3 is 1. The van der Waals surface area contributed by atoms with Gasteiger partial charge in [-0.1, -0.05) is 0 Å². The zero-order valence-electron chi connectivity index (χ0n) is 15.3. The Morgan fingerprint density at radius 3 is 2.52 bits per heavy atom. The molecule has 3 rings (SSSR count). The van der Waals surface area contributed by atoms with Crippen LogP contribution >= 0.6 is 0 Å². The number of carbonyl (C=O) groups is 1. The average molecular weight is 399 g/mol. The van der Waals surface area contributed by atoms with Crippen LogP contribution in [0.4, 0.5) is 5.69 Å². The van der Waals surface area contributed by atoms with Crippen molar-refractivity contribution in [3.63, 3.8) is 0 Å². The van der Waals surface area contributed by atoms with Crippen LogP contribution < -0.4 is 14.2 Å². The fraction of sp³-hybridized carbons (Fsp3) is 0.588. The molecule has 2 fully saturated rings. The van der Waals surface area contributed by atoms with Crippen LogP contribution in [0.5, 0.6) is 11.5 Å². The largest absolute Gasteiger partial charge is 0.493 e. The third kappa shape index (κ3) is 5.02. The normalized spacial score (nSPS) is 18.3. The topological polar surface area (TPSA) is 97.4 Å². The van der Waals surface area contributed by atoms with Crippen molar-refractivity contribution in [2.75, 3.05) is 57.8 Å². The van der Waals surface area contributed by atoms with E-state index < -0.39 is 10.2 Å². The first-order valence-corrected chi connectivity index (χ1v) is 10.4. The lowest BCUT2D eigenvalue weighted by atomic mass is 10.3. The standard InChI is InChI=1S/C17H25N3O6S/c1-24-16-12-14(18-27(22,23)20-6-2-3-7-20)4-5-15(16)26-13-17(21)19-8-10-25-11-9-19/h4-5,12,18H,2-3,6-11,13H2,1H3. The van der Waals surface area contributed by atoms with Gasteiger partial charge in [0.25, 0.3) is 5.91 Å². The van der Waals surface area contributed by atoms with Crippen LogP contribution in [0.25, 0.3) is 0 Å². The zero-order chi connectivity index (χ0) is 19.3. The Labute approximate surface area is 159 Å². The Kier molecular flexibility index (Phi) is 6.40. The summed E-state index contributed by atoms with van der Waals surface area (Å²) in [4.78, 5) is 13.9. The molecule has 0 bridgehead atoms. The summed E-state index contributed by atoms with van der Waals surface area (Å²) >= 11 is 0. The molecule has 1 aromatic rings. The second-order valence-electron chi connectivity index (χ2n) is 6.36. The van der Waals surface area contributed by atoms with Crippen molar-refractivity contribution >= 4 is 21.8 Å². The highest BCUT2D eigenvalue weighted by atomic mass is 32.2. The van der Waals surface area contributed by atoms with Crippen LogP contribution in [0.1, 0.15) is 12.8 Å². The average Bonchev–Trinajstić information content (AvgIpc) is 3.23. The van der Waals surface area contributed by atoms with Crippen LogP contribution in [-0.4, -0.2) is 76.6 Å². The second-order valence-corrected chi connectivity index (χ2v) is 8.03. The van der Waals surface area contributed by atoms with Gasteiger partial charge in [-0.05, 0) is 25.0 Å². The van der Waals surface area contributed by atoms with Gasteiger partial charge in [0.05, 0.1) is 26.0 Å². The summed E-state index contributed by atoms with van der Waals surface area (Å²) in [5, 5.41) is 0. The Morgan fingerprint density at radius 2 is 1.85 bits per heavy atom. The minimum atomic E-state index is -3.58. The number of nitrogens with zero attached hydrogens (tertiary/aromatic N) is 2. The second kappa shape index (κ2) is 8.77. The molecular weight excluding hydrogens is 374 g/mol. The number of rotatable bonds is 7. The molecule has 0 saturated carbocycles. The molecule has 9 nitrogen and oxygen atoms in total. The first kappa shape index (κ1) is 19.7. The van der Waals surface area contributed by atoms with E-state index >= 15 is 0 Å². The number of hydrogen-bond donors (Lipinski definition) is 1. The van der Waals surface area contributed by atoms with Crippen molar-refractivity contribution in [3.05, 3.63) is 18.2 Å². The highest BCUT2D eigenvalue weighted by Gasteiger charge is 2.25. The lowest BCUT2D eigenvalue weighted by Gasteiger charge is -2.26. The van der Waals surface area contributed by atoms with Crippen LogP contribution in [-0.2, 0) is 19.7 Å². The van der Waals surface area contributed by atoms with Gasteiger partial charge >= 0.3 is 10.2 Å². The number of benzene rings is 1. The van der Waals surface area contributed by atoms with Gasteiger partial charge in [0.1, 0.15) is 0 Å². The van der Waals surface area contributed by atoms with Crippen molar-refractivity contribution in [1.82, 2.24) is 9.21 Å². The summed E-state index contributed by atoms with van der Waals surface area (Å²) in [6, 6.07) is 4.72. The van der Waals surface area contributed by atoms with Crippen molar-refractivity contribution < 1.29 is 27.4 Å². The van der Waals surface area contributed by atoms with Crippen molar-refractivity contribution in [3.8, 4) is 11.5 Å². The third-order valence-electron chi connectivity index (χ3n) is 4.53. The van der Waals surface area contributed by atoms with Gasteiger partial charge in [-0.25, -0.2) is 0 Å². The lowest BCUT2D eigenvalue weighted by molar-refractivity contribution is -0.137. The summed E-state index contributed by atoms with van der Waals surface area (Å²) in [5.41, 5.74) is 0.380. The third-order valence-corrected chi connectivity index (χ3v) is 6.07. The Morgan fingerprint density at radius 1 is 1.15 bits per heavy atom. The van der Waals surface area contributed by atoms with Crippen LogP contribution in [0, 0.1) is 0 Å². The monoisotopic (exact) mass is 399 g/mol. The molecule has 1 aromatic carbocycles. The quantitative estimate of drug-likeness (QED) is 0.724. The van der Waals surface area contributed by atoms with Crippen LogP contribution in [0.15, 0.2) is 18.2 Å². The predicted octanol–water partition coefficient (Wildman–Crippen LogP) is 0.685. The number of ether oxygens (including phenoxy) is 3. The molecule has 2 aliphatic rings. The maximum absolute atomic E-state index is 12.4. The van der Waals surface area contributed by atoms with Gasteiger partial charge in [-0.2, -0.15) is 12.7 Å². The summed E-state index contributed by atoms with van der Waals surface area (Å²) in [6.45, 7) is 3.10. The molecule has 0 aromatic heterocycles. The van der Waals surface area contributed by atoms with Gasteiger partial charge in [0.2, 0.25) is 0 Å². The smallest absolute Gasteiger partial charge is 0.301 e. The van der Waals surface area contributed by atoms with E-state index in [1.165, 1.54) is 11.4 Å². The number of morpholine rings is 1. The van der Waals surface area contributed by atoms with E-state index in [9.17, 15) is 13.2 Å². The summed E-state index contributed by atoms with van der Waals surface area (Å²) in [6.07, 6.45) is 1.74. The van der Waals surface area contributed by atoms with Crippen LogP contribution in [0.3, 0.4) is 0 Å². The van der Waals surface area contributed by atoms with Gasteiger partial charge < -0.3 is 19.1 Å². The Balaban J connectivity index is 1.62. The van der Waals surface area contributed by atoms with E-state index in [1.807, 2.05) is 0 Å². The molecule has 27 heavy (non-hydrogen) atoms. The number of amides is 1. The number of anilines is 1. The molecule has 2 aliphatic heterocycles. The minimum Gasteiger partial charge on any atom is -0.493 e. The van der Waals surface area contributed by atoms with E-state index in [0.717, 1.165) is 12.8 Å². The first-order valence-electron chi connectivity index (χ1n) is 8.94. The maximum atomic E-state index is 12.4. The minimum absolute atomic E-state index is 0.116. The molecule has 1 N–H and O–H groups in total. The number of nitrogens with one attached hydrogen (secondary N) is 1. The molecule has 2 saturated heterocycles. The van der Waals surface area contributed by atoms with Crippen molar-refractivity contribution in [2.24, 2.45) is 0 Å². The molecule has 0 aliphatic carbocycles. The highest BCUT2D eigenvalue weighted by Crippen LogP contribution is 2.31. The zero-order valence-corrected chi connectivity index (χ0v) is 16.2. The Bertz CT molecular complexity index is 758. The SMILES string of the molecule is COc1cc(NS(=O)(=O)N2CCCC2)ccc1OCC(=O)N1CCOCC1. The van der Waals surface area contributed by atoms with E-state index in [4.69, 9.17) is 14.2 Å². The fourth-order valence-corrected chi connectivity index (χ4v) is 4.33. The van der Waals surface area contributed by atoms with Gasteiger partial charge in [-0.3, -0.25) is 9.52 Å². The highest BCUT2D eigenvalue weighted by molar-refractivity contribution is 7.90. The Hall–Kier alpha value is -2.04. The lowest BCUT2D eigenvalue weighted by Crippen LogP contribution is -2.43. The molecular formula is C17H25N3O6S. The van der Waals surface area contributed by atoms with E-state index in [1.54, 1.807) is 23.1 Å². The van der Waals surface area contributed by atoms with Crippen LogP contribution in [0.2, 0.25) is 0 Å². The molecule has 150 valence electrons. The molecule has 2 heterocycles. The predicted molar refractivity (Wildman–Crippen MR) is 99.2 cm³/mol. The van der Waals surface area contributed by atoms with Gasteiger partial charge in [-0.15, -0.1) is 0 Å². The molecule has 0 unspecified atom stereocenters. The van der Waals surface area contributed by atoms with Crippen molar-refractivity contribution in [1.29, 1.82) is 0 Å². The van der Waals surface area contributed by atoms with Gasteiger partial charge in [0, 0.05) is 32.2 Å². The molecule has 0 atom stereocenters. The summed E-state index contributed by atoms with van der Waals surface area (Å²) in [5.74, 6) is 0.605. The molecule has 0 spiro atoms. The van der Waals surface area contributed by atoms with Gasteiger partial charge in [0.15, 0.2) is 18.1 Å². The number of hydrogen-bond acceptors (Lipinski definition) is 6. The van der Waals surface area contributed by atoms with E-state index in [2.05, 4.69) is 4.72 Å². The molecule has 0 radical (unpaired) electrons. The maximum Gasteiger partial charge on any atom is 0.301 e. The molecule has 10 heteroatoms.